The molecule has 1 aromatic rings. The van der Waals surface area contributed by atoms with E-state index in [-0.39, 0.29) is 17.8 Å². The lowest BCUT2D eigenvalue weighted by Crippen LogP contribution is -2.41. The van der Waals surface area contributed by atoms with E-state index in [4.69, 9.17) is 0 Å². The van der Waals surface area contributed by atoms with Crippen LogP contribution in [0, 0.1) is 0 Å². The van der Waals surface area contributed by atoms with Crippen LogP contribution in [-0.4, -0.2) is 44.8 Å². The molecule has 1 aromatic heterocycles. The third-order valence-corrected chi connectivity index (χ3v) is 2.84. The molecule has 0 atom stereocenters. The Morgan fingerprint density at radius 1 is 1.47 bits per heavy atom. The van der Waals surface area contributed by atoms with Crippen molar-refractivity contribution >= 4 is 5.91 Å². The highest BCUT2D eigenvalue weighted by Crippen LogP contribution is 2.31. The molecule has 1 aliphatic rings. The van der Waals surface area contributed by atoms with Gasteiger partial charge in [0.25, 0.3) is 5.91 Å². The van der Waals surface area contributed by atoms with Crippen LogP contribution in [0.4, 0.5) is 13.2 Å². The second-order valence-corrected chi connectivity index (χ2v) is 4.98. The molecule has 8 heteroatoms. The number of hydrogen-bond acceptors (Lipinski definition) is 3. The summed E-state index contributed by atoms with van der Waals surface area (Å²) in [5, 5.41) is 6.28. The Balaban J connectivity index is 2.14. The van der Waals surface area contributed by atoms with Crippen molar-refractivity contribution in [2.75, 3.05) is 6.54 Å². The Bertz CT molecular complexity index is 465. The van der Waals surface area contributed by atoms with Gasteiger partial charge in [0.1, 0.15) is 12.4 Å². The first-order valence-corrected chi connectivity index (χ1v) is 6.08. The van der Waals surface area contributed by atoms with Crippen LogP contribution in [0.2, 0.25) is 0 Å². The normalized spacial score (nSPS) is 15.9. The van der Waals surface area contributed by atoms with Crippen LogP contribution >= 0.6 is 0 Å². The summed E-state index contributed by atoms with van der Waals surface area (Å²) in [5.74, 6) is -0.431. The molecule has 19 heavy (non-hydrogen) atoms. The molecule has 1 heterocycles. The Kier molecular flexibility index (Phi) is 3.51. The monoisotopic (exact) mass is 276 g/mol. The number of carbonyl (C=O) groups is 1. The lowest BCUT2D eigenvalue weighted by molar-refractivity contribution is -0.141. The van der Waals surface area contributed by atoms with Crippen LogP contribution < -0.4 is 0 Å². The number of nitrogens with zero attached hydrogens (tertiary/aromatic N) is 3. The van der Waals surface area contributed by atoms with Gasteiger partial charge >= 0.3 is 6.18 Å². The van der Waals surface area contributed by atoms with Gasteiger partial charge in [-0.1, -0.05) is 13.8 Å². The maximum Gasteiger partial charge on any atom is 0.406 e. The van der Waals surface area contributed by atoms with Crippen LogP contribution in [-0.2, 0) is 0 Å². The van der Waals surface area contributed by atoms with E-state index in [1.165, 1.54) is 0 Å². The van der Waals surface area contributed by atoms with E-state index in [9.17, 15) is 18.0 Å². The number of halogens is 3. The Hall–Kier alpha value is -1.60. The molecule has 5 nitrogen and oxygen atoms in total. The molecule has 1 fully saturated rings. The summed E-state index contributed by atoms with van der Waals surface area (Å²) < 4.78 is 37.4. The van der Waals surface area contributed by atoms with Gasteiger partial charge in [-0.25, -0.2) is 4.98 Å². The maximum atomic E-state index is 12.5. The first-order valence-electron chi connectivity index (χ1n) is 6.08. The van der Waals surface area contributed by atoms with Gasteiger partial charge in [-0.15, -0.1) is 5.10 Å². The van der Waals surface area contributed by atoms with Crippen molar-refractivity contribution in [1.82, 2.24) is 20.1 Å². The van der Waals surface area contributed by atoms with E-state index in [1.807, 2.05) is 13.8 Å². The fourth-order valence-electron chi connectivity index (χ4n) is 1.70. The number of amides is 1. The third kappa shape index (κ3) is 3.45. The SMILES string of the molecule is CC(C)c1nc(C(=O)N(CC(F)(F)F)C2CC2)n[nH]1. The quantitative estimate of drug-likeness (QED) is 0.916. The fourth-order valence-corrected chi connectivity index (χ4v) is 1.70. The van der Waals surface area contributed by atoms with Gasteiger partial charge < -0.3 is 4.90 Å². The fraction of sp³-hybridized carbons (Fsp3) is 0.727. The molecule has 0 radical (unpaired) electrons. The molecule has 1 amide bonds. The number of nitrogens with one attached hydrogen (secondary N) is 1. The molecule has 0 saturated heterocycles. The van der Waals surface area contributed by atoms with Crippen molar-refractivity contribution in [1.29, 1.82) is 0 Å². The molecule has 0 aliphatic heterocycles. The number of aromatic nitrogens is 3. The van der Waals surface area contributed by atoms with E-state index >= 15 is 0 Å². The third-order valence-electron chi connectivity index (χ3n) is 2.84. The van der Waals surface area contributed by atoms with Crippen LogP contribution in [0.1, 0.15) is 49.1 Å². The Morgan fingerprint density at radius 2 is 2.11 bits per heavy atom. The summed E-state index contributed by atoms with van der Waals surface area (Å²) in [5.41, 5.74) is 0. The van der Waals surface area contributed by atoms with Crippen molar-refractivity contribution < 1.29 is 18.0 Å². The number of aromatic amines is 1. The minimum Gasteiger partial charge on any atom is -0.324 e. The zero-order chi connectivity index (χ0) is 14.2. The van der Waals surface area contributed by atoms with Crippen LogP contribution in [0.25, 0.3) is 0 Å². The van der Waals surface area contributed by atoms with Crippen molar-refractivity contribution in [3.8, 4) is 0 Å². The highest BCUT2D eigenvalue weighted by atomic mass is 19.4. The van der Waals surface area contributed by atoms with Gasteiger partial charge in [0, 0.05) is 12.0 Å². The summed E-state index contributed by atoms with van der Waals surface area (Å²) in [6.45, 7) is 2.45. The number of carbonyl (C=O) groups excluding carboxylic acids is 1. The summed E-state index contributed by atoms with van der Waals surface area (Å²) in [6, 6.07) is -0.338. The first kappa shape index (κ1) is 13.8. The molecular weight excluding hydrogens is 261 g/mol. The van der Waals surface area contributed by atoms with Gasteiger partial charge in [0.15, 0.2) is 0 Å². The summed E-state index contributed by atoms with van der Waals surface area (Å²) in [4.78, 5) is 16.8. The van der Waals surface area contributed by atoms with Gasteiger partial charge in [-0.3, -0.25) is 9.89 Å². The van der Waals surface area contributed by atoms with Gasteiger partial charge in [0.2, 0.25) is 5.82 Å². The van der Waals surface area contributed by atoms with Crippen LogP contribution in [0.3, 0.4) is 0 Å². The van der Waals surface area contributed by atoms with Crippen LogP contribution in [0.5, 0.6) is 0 Å². The van der Waals surface area contributed by atoms with E-state index < -0.39 is 18.6 Å². The van der Waals surface area contributed by atoms with Gasteiger partial charge in [0.05, 0.1) is 0 Å². The van der Waals surface area contributed by atoms with Crippen molar-refractivity contribution in [3.05, 3.63) is 11.6 Å². The zero-order valence-corrected chi connectivity index (χ0v) is 10.7. The van der Waals surface area contributed by atoms with Crippen molar-refractivity contribution in [3.63, 3.8) is 0 Å². The minimum atomic E-state index is -4.41. The number of hydrogen-bond donors (Lipinski definition) is 1. The molecule has 0 bridgehead atoms. The van der Waals surface area contributed by atoms with Gasteiger partial charge in [-0.2, -0.15) is 13.2 Å². The molecule has 0 unspecified atom stereocenters. The second-order valence-electron chi connectivity index (χ2n) is 4.98. The zero-order valence-electron chi connectivity index (χ0n) is 10.7. The molecule has 2 rings (SSSR count). The lowest BCUT2D eigenvalue weighted by atomic mass is 10.2. The Morgan fingerprint density at radius 3 is 2.53 bits per heavy atom. The summed E-state index contributed by atoms with van der Waals surface area (Å²) in [6.07, 6.45) is -3.21. The molecule has 1 saturated carbocycles. The topological polar surface area (TPSA) is 61.9 Å². The number of alkyl halides is 3. The largest absolute Gasteiger partial charge is 0.406 e. The minimum absolute atomic E-state index is 0.0334. The standard InChI is InChI=1S/C11H15F3N4O/c1-6(2)8-15-9(17-16-8)10(19)18(7-3-4-7)5-11(12,13)14/h6-7H,3-5H2,1-2H3,(H,15,16,17). The average molecular weight is 276 g/mol. The molecule has 106 valence electrons. The van der Waals surface area contributed by atoms with E-state index in [0.29, 0.717) is 18.7 Å². The van der Waals surface area contributed by atoms with Gasteiger partial charge in [-0.05, 0) is 12.8 Å². The van der Waals surface area contributed by atoms with Crippen molar-refractivity contribution in [2.24, 2.45) is 0 Å². The first-order chi connectivity index (χ1) is 8.78. The lowest BCUT2D eigenvalue weighted by Gasteiger charge is -2.22. The molecular formula is C11H15F3N4O. The predicted molar refractivity (Wildman–Crippen MR) is 60.6 cm³/mol. The molecule has 0 spiro atoms. The molecule has 1 aliphatic carbocycles. The van der Waals surface area contributed by atoms with Crippen LogP contribution in [0.15, 0.2) is 0 Å². The van der Waals surface area contributed by atoms with E-state index in [0.717, 1.165) is 4.90 Å². The number of rotatable bonds is 4. The molecule has 1 N–H and O–H groups in total. The predicted octanol–water partition coefficient (Wildman–Crippen LogP) is 2.10. The Labute approximate surface area is 108 Å². The highest BCUT2D eigenvalue weighted by molar-refractivity contribution is 5.90. The number of H-pyrrole nitrogens is 1. The highest BCUT2D eigenvalue weighted by Gasteiger charge is 2.41. The second kappa shape index (κ2) is 4.82. The average Bonchev–Trinajstić information content (AvgIpc) is 3.00. The van der Waals surface area contributed by atoms with E-state index in [1.54, 1.807) is 0 Å². The van der Waals surface area contributed by atoms with Crippen molar-refractivity contribution in [2.45, 2.75) is 44.8 Å². The summed E-state index contributed by atoms with van der Waals surface area (Å²) >= 11 is 0. The van der Waals surface area contributed by atoms with E-state index in [2.05, 4.69) is 15.2 Å². The smallest absolute Gasteiger partial charge is 0.324 e. The molecule has 0 aromatic carbocycles. The maximum absolute atomic E-state index is 12.5. The summed E-state index contributed by atoms with van der Waals surface area (Å²) in [7, 11) is 0.